The first-order valence-electron chi connectivity index (χ1n) is 3.25. The zero-order valence-corrected chi connectivity index (χ0v) is 5.62. The molecule has 0 spiro atoms. The average molecular weight is 142 g/mol. The number of carboxylic acids is 1. The van der Waals surface area contributed by atoms with Crippen LogP contribution in [0.15, 0.2) is 12.2 Å². The Bertz CT molecular complexity index is 151. The van der Waals surface area contributed by atoms with E-state index in [-0.39, 0.29) is 12.3 Å². The monoisotopic (exact) mass is 142 g/mol. The molecule has 0 aromatic carbocycles. The third-order valence-electron chi connectivity index (χ3n) is 1.39. The number of aliphatic carboxylic acids is 1. The lowest BCUT2D eigenvalue weighted by Crippen LogP contribution is -2.15. The Labute approximate surface area is 59.3 Å². The highest BCUT2D eigenvalue weighted by Crippen LogP contribution is 2.09. The molecule has 0 aliphatic carbocycles. The van der Waals surface area contributed by atoms with Crippen molar-refractivity contribution in [2.45, 2.75) is 6.42 Å². The molecule has 0 aromatic heterocycles. The second-order valence-corrected chi connectivity index (χ2v) is 2.32. The zero-order chi connectivity index (χ0) is 7.40. The number of hydrogen-bond acceptors (Lipinski definition) is 2. The minimum Gasteiger partial charge on any atom is -0.481 e. The summed E-state index contributed by atoms with van der Waals surface area (Å²) in [7, 11) is 0. The van der Waals surface area contributed by atoms with E-state index in [4.69, 9.17) is 9.84 Å². The Morgan fingerprint density at radius 3 is 3.10 bits per heavy atom. The van der Waals surface area contributed by atoms with E-state index in [1.165, 1.54) is 0 Å². The second-order valence-electron chi connectivity index (χ2n) is 2.32. The van der Waals surface area contributed by atoms with Crippen molar-refractivity contribution in [3.8, 4) is 0 Å². The number of carbonyl (C=O) groups is 1. The van der Waals surface area contributed by atoms with E-state index in [1.54, 1.807) is 0 Å². The van der Waals surface area contributed by atoms with Gasteiger partial charge in [0.1, 0.15) is 0 Å². The highest BCUT2D eigenvalue weighted by atomic mass is 16.5. The molecular weight excluding hydrogens is 132 g/mol. The van der Waals surface area contributed by atoms with Crippen molar-refractivity contribution in [2.75, 3.05) is 13.2 Å². The number of hydrogen-bond donors (Lipinski definition) is 1. The maximum absolute atomic E-state index is 10.2. The van der Waals surface area contributed by atoms with Crippen LogP contribution in [0.2, 0.25) is 0 Å². The molecule has 10 heavy (non-hydrogen) atoms. The van der Waals surface area contributed by atoms with Crippen LogP contribution in [0.3, 0.4) is 0 Å². The van der Waals surface area contributed by atoms with Crippen LogP contribution in [0, 0.1) is 5.92 Å². The van der Waals surface area contributed by atoms with E-state index in [0.29, 0.717) is 13.2 Å². The fourth-order valence-corrected chi connectivity index (χ4v) is 0.942. The van der Waals surface area contributed by atoms with Gasteiger partial charge in [0.25, 0.3) is 0 Å². The standard InChI is InChI=1S/C7H10O3/c8-7(9)4-6-2-1-3-10-5-6/h1-2,6H,3-5H2,(H,8,9)/t6-/m0/s1. The van der Waals surface area contributed by atoms with Gasteiger partial charge in [-0.2, -0.15) is 0 Å². The van der Waals surface area contributed by atoms with Crippen LogP contribution in [-0.2, 0) is 9.53 Å². The van der Waals surface area contributed by atoms with E-state index in [0.717, 1.165) is 0 Å². The van der Waals surface area contributed by atoms with E-state index < -0.39 is 5.97 Å². The van der Waals surface area contributed by atoms with Crippen LogP contribution in [0.4, 0.5) is 0 Å². The molecule has 3 heteroatoms. The maximum atomic E-state index is 10.2. The lowest BCUT2D eigenvalue weighted by atomic mass is 10.1. The van der Waals surface area contributed by atoms with Crippen molar-refractivity contribution in [3.63, 3.8) is 0 Å². The van der Waals surface area contributed by atoms with Gasteiger partial charge in [-0.25, -0.2) is 0 Å². The average Bonchev–Trinajstić information content (AvgIpc) is 1.88. The van der Waals surface area contributed by atoms with Gasteiger partial charge in [0.05, 0.1) is 19.6 Å². The molecule has 3 nitrogen and oxygen atoms in total. The van der Waals surface area contributed by atoms with Gasteiger partial charge in [0.2, 0.25) is 0 Å². The Balaban J connectivity index is 2.33. The molecule has 1 N–H and O–H groups in total. The number of ether oxygens (including phenoxy) is 1. The lowest BCUT2D eigenvalue weighted by Gasteiger charge is -2.13. The topological polar surface area (TPSA) is 46.5 Å². The third-order valence-corrected chi connectivity index (χ3v) is 1.39. The molecule has 1 aliphatic rings. The molecule has 56 valence electrons. The minimum absolute atomic E-state index is 0.0752. The predicted octanol–water partition coefficient (Wildman–Crippen LogP) is 0.664. The predicted molar refractivity (Wildman–Crippen MR) is 35.7 cm³/mol. The van der Waals surface area contributed by atoms with Gasteiger partial charge >= 0.3 is 5.97 Å². The summed E-state index contributed by atoms with van der Waals surface area (Å²) in [6.45, 7) is 1.17. The minimum atomic E-state index is -0.764. The van der Waals surface area contributed by atoms with Gasteiger partial charge in [-0.05, 0) is 0 Å². The van der Waals surface area contributed by atoms with Crippen molar-refractivity contribution in [2.24, 2.45) is 5.92 Å². The number of rotatable bonds is 2. The van der Waals surface area contributed by atoms with E-state index in [1.807, 2.05) is 12.2 Å². The van der Waals surface area contributed by atoms with E-state index in [2.05, 4.69) is 0 Å². The molecule has 0 saturated heterocycles. The van der Waals surface area contributed by atoms with Gasteiger partial charge in [-0.15, -0.1) is 0 Å². The molecule has 0 saturated carbocycles. The largest absolute Gasteiger partial charge is 0.481 e. The third kappa shape index (κ3) is 2.19. The van der Waals surface area contributed by atoms with Crippen molar-refractivity contribution >= 4 is 5.97 Å². The van der Waals surface area contributed by atoms with E-state index >= 15 is 0 Å². The summed E-state index contributed by atoms with van der Waals surface area (Å²) < 4.78 is 5.03. The normalized spacial score (nSPS) is 24.6. The van der Waals surface area contributed by atoms with Crippen molar-refractivity contribution < 1.29 is 14.6 Å². The molecule has 0 unspecified atom stereocenters. The summed E-state index contributed by atoms with van der Waals surface area (Å²) in [5.41, 5.74) is 0. The van der Waals surface area contributed by atoms with Crippen LogP contribution in [0.5, 0.6) is 0 Å². The molecule has 1 heterocycles. The van der Waals surface area contributed by atoms with Crippen LogP contribution in [0.25, 0.3) is 0 Å². The van der Waals surface area contributed by atoms with Gasteiger partial charge < -0.3 is 9.84 Å². The van der Waals surface area contributed by atoms with E-state index in [9.17, 15) is 4.79 Å². The molecule has 1 aliphatic heterocycles. The summed E-state index contributed by atoms with van der Waals surface area (Å²) in [5, 5.41) is 8.38. The number of carboxylic acid groups (broad SMARTS) is 1. The van der Waals surface area contributed by atoms with Crippen molar-refractivity contribution in [1.82, 2.24) is 0 Å². The summed E-state index contributed by atoms with van der Waals surface area (Å²) in [4.78, 5) is 10.2. The molecule has 1 atom stereocenters. The summed E-state index contributed by atoms with van der Waals surface area (Å²) in [5.74, 6) is -0.689. The Morgan fingerprint density at radius 1 is 1.80 bits per heavy atom. The first-order chi connectivity index (χ1) is 4.79. The fraction of sp³-hybridized carbons (Fsp3) is 0.571. The second kappa shape index (κ2) is 3.37. The molecule has 0 radical (unpaired) electrons. The van der Waals surface area contributed by atoms with Gasteiger partial charge in [0, 0.05) is 5.92 Å². The SMILES string of the molecule is O=C(O)C[C@@H]1C=CCOC1. The molecule has 0 fully saturated rings. The molecular formula is C7H10O3. The smallest absolute Gasteiger partial charge is 0.304 e. The van der Waals surface area contributed by atoms with Crippen LogP contribution in [0.1, 0.15) is 6.42 Å². The maximum Gasteiger partial charge on any atom is 0.304 e. The Kier molecular flexibility index (Phi) is 2.45. The quantitative estimate of drug-likeness (QED) is 0.576. The molecule has 1 rings (SSSR count). The first kappa shape index (κ1) is 7.28. The van der Waals surface area contributed by atoms with Gasteiger partial charge in [0.15, 0.2) is 0 Å². The van der Waals surface area contributed by atoms with Crippen LogP contribution >= 0.6 is 0 Å². The Hall–Kier alpha value is -0.830. The molecule has 0 bridgehead atoms. The van der Waals surface area contributed by atoms with Gasteiger partial charge in [-0.1, -0.05) is 12.2 Å². The van der Waals surface area contributed by atoms with Crippen LogP contribution in [-0.4, -0.2) is 24.3 Å². The van der Waals surface area contributed by atoms with Crippen molar-refractivity contribution in [1.29, 1.82) is 0 Å². The highest BCUT2D eigenvalue weighted by Gasteiger charge is 2.11. The van der Waals surface area contributed by atoms with Crippen molar-refractivity contribution in [3.05, 3.63) is 12.2 Å². The first-order valence-corrected chi connectivity index (χ1v) is 3.25. The fourth-order valence-electron chi connectivity index (χ4n) is 0.942. The van der Waals surface area contributed by atoms with Crippen LogP contribution < -0.4 is 0 Å². The molecule has 0 aromatic rings. The summed E-state index contributed by atoms with van der Waals surface area (Å²) in [6, 6.07) is 0. The molecule has 0 amide bonds. The zero-order valence-electron chi connectivity index (χ0n) is 5.62. The van der Waals surface area contributed by atoms with Gasteiger partial charge in [-0.3, -0.25) is 4.79 Å². The summed E-state index contributed by atoms with van der Waals surface area (Å²) in [6.07, 6.45) is 3.94. The lowest BCUT2D eigenvalue weighted by molar-refractivity contribution is -0.138. The summed E-state index contributed by atoms with van der Waals surface area (Å²) >= 11 is 0. The highest BCUT2D eigenvalue weighted by molar-refractivity contribution is 5.67. The Morgan fingerprint density at radius 2 is 2.60 bits per heavy atom.